The van der Waals surface area contributed by atoms with Gasteiger partial charge in [-0.15, -0.1) is 12.4 Å². The second-order valence-corrected chi connectivity index (χ2v) is 9.60. The van der Waals surface area contributed by atoms with Crippen molar-refractivity contribution in [2.24, 2.45) is 0 Å². The molecule has 2 aromatic heterocycles. The molecule has 1 amide bonds. The van der Waals surface area contributed by atoms with Gasteiger partial charge in [0.15, 0.2) is 0 Å². The molecular weight excluding hydrogens is 547 g/mol. The number of aromatic nitrogens is 2. The summed E-state index contributed by atoms with van der Waals surface area (Å²) in [4.78, 5) is 24.1. The Morgan fingerprint density at radius 3 is 2.58 bits per heavy atom. The van der Waals surface area contributed by atoms with Crippen LogP contribution in [-0.2, 0) is 10.9 Å². The Hall–Kier alpha value is -3.41. The molecular formula is C28H31ClF3N5O3. The number of aryl methyl sites for hydroxylation is 1. The van der Waals surface area contributed by atoms with Gasteiger partial charge in [-0.05, 0) is 63.2 Å². The molecule has 0 aliphatic carbocycles. The summed E-state index contributed by atoms with van der Waals surface area (Å²) in [5.41, 5.74) is 2.50. The van der Waals surface area contributed by atoms with Gasteiger partial charge < -0.3 is 25.0 Å². The van der Waals surface area contributed by atoms with Gasteiger partial charge in [0.1, 0.15) is 11.8 Å². The van der Waals surface area contributed by atoms with E-state index in [-0.39, 0.29) is 24.1 Å². The molecule has 2 N–H and O–H groups in total. The lowest BCUT2D eigenvalue weighted by atomic mass is 10.0. The van der Waals surface area contributed by atoms with E-state index in [0.29, 0.717) is 43.6 Å². The maximum atomic E-state index is 13.1. The second-order valence-electron chi connectivity index (χ2n) is 9.60. The van der Waals surface area contributed by atoms with Crippen molar-refractivity contribution in [3.8, 4) is 17.0 Å². The van der Waals surface area contributed by atoms with E-state index in [2.05, 4.69) is 25.5 Å². The topological polar surface area (TPSA) is 88.6 Å². The van der Waals surface area contributed by atoms with Crippen LogP contribution in [0.2, 0.25) is 0 Å². The van der Waals surface area contributed by atoms with Crippen LogP contribution in [0.1, 0.15) is 34.5 Å². The summed E-state index contributed by atoms with van der Waals surface area (Å²) in [7, 11) is 0. The molecule has 0 saturated carbocycles. The summed E-state index contributed by atoms with van der Waals surface area (Å²) in [6.07, 6.45) is 0.565. The number of halogens is 4. The Labute approximate surface area is 236 Å². The van der Waals surface area contributed by atoms with E-state index >= 15 is 0 Å². The summed E-state index contributed by atoms with van der Waals surface area (Å²) < 4.78 is 51.2. The highest BCUT2D eigenvalue weighted by atomic mass is 35.5. The summed E-state index contributed by atoms with van der Waals surface area (Å²) >= 11 is 0. The first-order chi connectivity index (χ1) is 18.8. The van der Waals surface area contributed by atoms with E-state index in [0.717, 1.165) is 54.9 Å². The molecule has 8 nitrogen and oxygen atoms in total. The predicted molar refractivity (Wildman–Crippen MR) is 148 cm³/mol. The van der Waals surface area contributed by atoms with Crippen LogP contribution in [0, 0.1) is 6.92 Å². The Bertz CT molecular complexity index is 1330. The quantitative estimate of drug-likeness (QED) is 0.421. The monoisotopic (exact) mass is 577 g/mol. The molecule has 214 valence electrons. The third-order valence-electron chi connectivity index (χ3n) is 6.86. The SMILES string of the molecule is Cc1ncc(NC(=O)c2cccc(C(F)(F)F)c2)cc1-c1cnc(OC2CCNCC2)c(N2CCOCC2)c1.Cl. The van der Waals surface area contributed by atoms with Crippen LogP contribution in [-0.4, -0.2) is 61.4 Å². The van der Waals surface area contributed by atoms with Gasteiger partial charge in [0.25, 0.3) is 5.91 Å². The van der Waals surface area contributed by atoms with Gasteiger partial charge in [-0.1, -0.05) is 6.07 Å². The minimum Gasteiger partial charge on any atom is -0.473 e. The van der Waals surface area contributed by atoms with Crippen LogP contribution < -0.4 is 20.3 Å². The number of nitrogens with one attached hydrogen (secondary N) is 2. The van der Waals surface area contributed by atoms with Gasteiger partial charge in [-0.25, -0.2) is 4.98 Å². The van der Waals surface area contributed by atoms with Crippen LogP contribution in [0.4, 0.5) is 24.5 Å². The van der Waals surface area contributed by atoms with Crippen molar-refractivity contribution in [3.63, 3.8) is 0 Å². The number of anilines is 2. The van der Waals surface area contributed by atoms with Gasteiger partial charge in [0, 0.05) is 41.7 Å². The molecule has 2 aliphatic heterocycles. The second kappa shape index (κ2) is 12.8. The molecule has 4 heterocycles. The fourth-order valence-corrected chi connectivity index (χ4v) is 4.71. The molecule has 2 aliphatic rings. The van der Waals surface area contributed by atoms with Crippen LogP contribution in [0.25, 0.3) is 11.1 Å². The molecule has 0 atom stereocenters. The zero-order chi connectivity index (χ0) is 27.4. The number of carbonyl (C=O) groups is 1. The van der Waals surface area contributed by atoms with Crippen LogP contribution >= 0.6 is 12.4 Å². The molecule has 40 heavy (non-hydrogen) atoms. The molecule has 2 fully saturated rings. The summed E-state index contributed by atoms with van der Waals surface area (Å²) in [5.74, 6) is -0.0808. The van der Waals surface area contributed by atoms with Gasteiger partial charge in [0.05, 0.1) is 30.7 Å². The van der Waals surface area contributed by atoms with Gasteiger partial charge in [-0.2, -0.15) is 13.2 Å². The number of rotatable bonds is 6. The van der Waals surface area contributed by atoms with Gasteiger partial charge >= 0.3 is 6.18 Å². The fourth-order valence-electron chi connectivity index (χ4n) is 4.71. The average Bonchev–Trinajstić information content (AvgIpc) is 2.95. The van der Waals surface area contributed by atoms with Crippen molar-refractivity contribution in [2.75, 3.05) is 49.6 Å². The number of hydrogen-bond acceptors (Lipinski definition) is 7. The number of carbonyl (C=O) groups excluding carboxylic acids is 1. The normalized spacial score (nSPS) is 16.2. The molecule has 12 heteroatoms. The van der Waals surface area contributed by atoms with E-state index in [1.54, 1.807) is 12.3 Å². The highest BCUT2D eigenvalue weighted by Gasteiger charge is 2.31. The number of amides is 1. The standard InChI is InChI=1S/C28H30F3N5O3.ClH/c1-18-24(15-22(17-33-18)35-26(37)19-3-2-4-21(13-19)28(29,30)31)20-14-25(36-9-11-38-12-10-36)27(34-16-20)39-23-5-7-32-8-6-23;/h2-4,13-17,23,32H,5-12H2,1H3,(H,35,37);1H. The third-order valence-corrected chi connectivity index (χ3v) is 6.86. The zero-order valence-corrected chi connectivity index (χ0v) is 22.8. The van der Waals surface area contributed by atoms with E-state index in [9.17, 15) is 18.0 Å². The number of hydrogen-bond donors (Lipinski definition) is 2. The predicted octanol–water partition coefficient (Wildman–Crippen LogP) is 5.11. The van der Waals surface area contributed by atoms with Gasteiger partial charge in [0.2, 0.25) is 5.88 Å². The van der Waals surface area contributed by atoms with Gasteiger partial charge in [-0.3, -0.25) is 9.78 Å². The Kier molecular flexibility index (Phi) is 9.49. The van der Waals surface area contributed by atoms with Crippen molar-refractivity contribution in [2.45, 2.75) is 32.0 Å². The highest BCUT2D eigenvalue weighted by molar-refractivity contribution is 6.04. The molecule has 0 spiro atoms. The molecule has 0 bridgehead atoms. The number of alkyl halides is 3. The third kappa shape index (κ3) is 7.01. The van der Waals surface area contributed by atoms with Crippen LogP contribution in [0.15, 0.2) is 48.8 Å². The largest absolute Gasteiger partial charge is 0.473 e. The smallest absolute Gasteiger partial charge is 0.416 e. The van der Waals surface area contributed by atoms with Crippen molar-refractivity contribution in [3.05, 3.63) is 65.6 Å². The summed E-state index contributed by atoms with van der Waals surface area (Å²) in [5, 5.41) is 6.01. The number of morpholine rings is 1. The summed E-state index contributed by atoms with van der Waals surface area (Å²) in [6.45, 7) is 6.28. The van der Waals surface area contributed by atoms with Crippen molar-refractivity contribution >= 4 is 29.7 Å². The first kappa shape index (κ1) is 29.6. The average molecular weight is 578 g/mol. The minimum absolute atomic E-state index is 0. The molecule has 0 radical (unpaired) electrons. The van der Waals surface area contributed by atoms with Crippen molar-refractivity contribution in [1.29, 1.82) is 0 Å². The first-order valence-corrected chi connectivity index (χ1v) is 12.9. The summed E-state index contributed by atoms with van der Waals surface area (Å²) in [6, 6.07) is 8.07. The highest BCUT2D eigenvalue weighted by Crippen LogP contribution is 2.35. The van der Waals surface area contributed by atoms with E-state index in [1.165, 1.54) is 18.3 Å². The number of nitrogens with zero attached hydrogens (tertiary/aromatic N) is 3. The van der Waals surface area contributed by atoms with Crippen LogP contribution in [0.5, 0.6) is 5.88 Å². The number of piperidine rings is 1. The number of benzene rings is 1. The van der Waals surface area contributed by atoms with Crippen LogP contribution in [0.3, 0.4) is 0 Å². The maximum absolute atomic E-state index is 13.1. The first-order valence-electron chi connectivity index (χ1n) is 12.9. The van der Waals surface area contributed by atoms with Crippen molar-refractivity contribution in [1.82, 2.24) is 15.3 Å². The van der Waals surface area contributed by atoms with Crippen molar-refractivity contribution < 1.29 is 27.4 Å². The lowest BCUT2D eigenvalue weighted by Crippen LogP contribution is -2.38. The lowest BCUT2D eigenvalue weighted by Gasteiger charge is -2.31. The molecule has 2 saturated heterocycles. The van der Waals surface area contributed by atoms with E-state index < -0.39 is 17.6 Å². The molecule has 3 aromatic rings. The molecule has 1 aromatic carbocycles. The zero-order valence-electron chi connectivity index (χ0n) is 22.0. The minimum atomic E-state index is -4.54. The fraction of sp³-hybridized carbons (Fsp3) is 0.393. The molecule has 0 unspecified atom stereocenters. The number of pyridine rings is 2. The number of ether oxygens (including phenoxy) is 2. The Morgan fingerprint density at radius 1 is 1.10 bits per heavy atom. The van der Waals surface area contributed by atoms with E-state index in [4.69, 9.17) is 9.47 Å². The Balaban J connectivity index is 0.00000370. The van der Waals surface area contributed by atoms with E-state index in [1.807, 2.05) is 13.0 Å². The Morgan fingerprint density at radius 2 is 1.85 bits per heavy atom. The molecule has 5 rings (SSSR count). The maximum Gasteiger partial charge on any atom is 0.416 e. The lowest BCUT2D eigenvalue weighted by molar-refractivity contribution is -0.137.